The van der Waals surface area contributed by atoms with Gasteiger partial charge in [-0.2, -0.15) is 5.10 Å². The minimum atomic E-state index is 0. The van der Waals surface area contributed by atoms with Crippen molar-refractivity contribution < 1.29 is 0 Å². The van der Waals surface area contributed by atoms with E-state index in [1.807, 2.05) is 49.6 Å². The van der Waals surface area contributed by atoms with Crippen LogP contribution in [0.4, 0.5) is 0 Å². The van der Waals surface area contributed by atoms with Gasteiger partial charge in [0, 0.05) is 50.2 Å². The number of hydrogen-bond donors (Lipinski definition) is 1. The maximum atomic E-state index is 4.38. The van der Waals surface area contributed by atoms with Crippen molar-refractivity contribution in [2.24, 2.45) is 4.99 Å². The first kappa shape index (κ1) is 21.4. The minimum absolute atomic E-state index is 0. The molecule has 0 aliphatic heterocycles. The molecule has 0 aliphatic carbocycles. The Hall–Kier alpha value is -1.94. The Labute approximate surface area is 184 Å². The van der Waals surface area contributed by atoms with Crippen LogP contribution in [0.3, 0.4) is 0 Å². The molecule has 0 atom stereocenters. The molecular formula is C19H22BrIN6. The van der Waals surface area contributed by atoms with Crippen LogP contribution in [0.1, 0.15) is 11.1 Å². The van der Waals surface area contributed by atoms with E-state index in [4.69, 9.17) is 0 Å². The average Bonchev–Trinajstić information content (AvgIpc) is 3.19. The predicted molar refractivity (Wildman–Crippen MR) is 123 cm³/mol. The summed E-state index contributed by atoms with van der Waals surface area (Å²) in [5.41, 5.74) is 2.32. The zero-order chi connectivity index (χ0) is 18.4. The lowest BCUT2D eigenvalue weighted by atomic mass is 10.2. The Balaban J connectivity index is 0.00000261. The van der Waals surface area contributed by atoms with Gasteiger partial charge in [-0.15, -0.1) is 24.0 Å². The van der Waals surface area contributed by atoms with Crippen LogP contribution in [0, 0.1) is 0 Å². The van der Waals surface area contributed by atoms with Crippen LogP contribution in [0.2, 0.25) is 0 Å². The molecule has 27 heavy (non-hydrogen) atoms. The zero-order valence-electron chi connectivity index (χ0n) is 15.2. The summed E-state index contributed by atoms with van der Waals surface area (Å²) in [7, 11) is 3.82. The normalized spacial score (nSPS) is 11.0. The fraction of sp³-hybridized carbons (Fsp3) is 0.211. The first-order valence-corrected chi connectivity index (χ1v) is 9.07. The molecule has 1 N–H and O–H groups in total. The Morgan fingerprint density at radius 2 is 2.04 bits per heavy atom. The van der Waals surface area contributed by atoms with Crippen molar-refractivity contribution in [1.82, 2.24) is 25.0 Å². The van der Waals surface area contributed by atoms with Crippen molar-refractivity contribution in [3.63, 3.8) is 0 Å². The van der Waals surface area contributed by atoms with Crippen LogP contribution in [0.25, 0.3) is 5.82 Å². The van der Waals surface area contributed by atoms with E-state index in [1.165, 1.54) is 5.56 Å². The summed E-state index contributed by atoms with van der Waals surface area (Å²) in [5.74, 6) is 1.63. The van der Waals surface area contributed by atoms with E-state index in [-0.39, 0.29) is 24.0 Å². The van der Waals surface area contributed by atoms with Gasteiger partial charge in [-0.25, -0.2) is 9.67 Å². The predicted octanol–water partition coefficient (Wildman–Crippen LogP) is 3.86. The molecule has 0 fully saturated rings. The zero-order valence-corrected chi connectivity index (χ0v) is 19.1. The molecule has 0 saturated heterocycles. The molecule has 3 aromatic rings. The van der Waals surface area contributed by atoms with Gasteiger partial charge in [0.15, 0.2) is 11.8 Å². The molecular weight excluding hydrogens is 519 g/mol. The molecule has 3 rings (SSSR count). The Kier molecular flexibility index (Phi) is 8.23. The number of guanidine groups is 1. The van der Waals surface area contributed by atoms with Crippen molar-refractivity contribution in [2.45, 2.75) is 13.1 Å². The summed E-state index contributed by atoms with van der Waals surface area (Å²) in [5, 5.41) is 7.62. The van der Waals surface area contributed by atoms with Gasteiger partial charge in [0.05, 0.1) is 0 Å². The lowest BCUT2D eigenvalue weighted by Gasteiger charge is -2.22. The number of aliphatic imine (C=N–C) groups is 1. The molecule has 0 aliphatic rings. The fourth-order valence-electron chi connectivity index (χ4n) is 2.62. The largest absolute Gasteiger partial charge is 0.352 e. The van der Waals surface area contributed by atoms with Crippen LogP contribution in [-0.2, 0) is 13.1 Å². The van der Waals surface area contributed by atoms with Crippen LogP contribution in [-0.4, -0.2) is 39.7 Å². The second-order valence-electron chi connectivity index (χ2n) is 5.82. The van der Waals surface area contributed by atoms with Gasteiger partial charge < -0.3 is 10.2 Å². The first-order chi connectivity index (χ1) is 12.7. The van der Waals surface area contributed by atoms with E-state index < -0.39 is 0 Å². The van der Waals surface area contributed by atoms with Gasteiger partial charge in [0.1, 0.15) is 0 Å². The number of nitrogens with zero attached hydrogens (tertiary/aromatic N) is 5. The Morgan fingerprint density at radius 1 is 1.22 bits per heavy atom. The topological polar surface area (TPSA) is 58.3 Å². The summed E-state index contributed by atoms with van der Waals surface area (Å²) in [6.07, 6.45) is 5.41. The molecule has 2 aromatic heterocycles. The molecule has 0 unspecified atom stereocenters. The van der Waals surface area contributed by atoms with Crippen molar-refractivity contribution in [1.29, 1.82) is 0 Å². The fourth-order valence-corrected chi connectivity index (χ4v) is 3.03. The number of pyridine rings is 1. The first-order valence-electron chi connectivity index (χ1n) is 8.27. The number of nitrogens with one attached hydrogen (secondary N) is 1. The summed E-state index contributed by atoms with van der Waals surface area (Å²) >= 11 is 3.60. The average molecular weight is 541 g/mol. The van der Waals surface area contributed by atoms with Gasteiger partial charge in [-0.3, -0.25) is 4.99 Å². The summed E-state index contributed by atoms with van der Waals surface area (Å²) in [6, 6.07) is 14.1. The molecule has 2 heterocycles. The molecule has 6 nitrogen and oxygen atoms in total. The maximum absolute atomic E-state index is 4.38. The van der Waals surface area contributed by atoms with Gasteiger partial charge in [-0.05, 0) is 35.4 Å². The van der Waals surface area contributed by atoms with Crippen LogP contribution >= 0.6 is 39.9 Å². The molecule has 142 valence electrons. The quantitative estimate of drug-likeness (QED) is 0.303. The Morgan fingerprint density at radius 3 is 2.74 bits per heavy atom. The summed E-state index contributed by atoms with van der Waals surface area (Å²) in [4.78, 5) is 10.8. The highest BCUT2D eigenvalue weighted by Crippen LogP contribution is 2.17. The van der Waals surface area contributed by atoms with Crippen molar-refractivity contribution >= 4 is 45.9 Å². The lowest BCUT2D eigenvalue weighted by Crippen LogP contribution is -2.38. The van der Waals surface area contributed by atoms with Crippen LogP contribution in [0.15, 0.2) is 70.5 Å². The number of hydrogen-bond acceptors (Lipinski definition) is 3. The molecule has 0 saturated carbocycles. The molecule has 8 heteroatoms. The van der Waals surface area contributed by atoms with Crippen molar-refractivity contribution in [3.05, 3.63) is 76.7 Å². The number of halogens is 2. The van der Waals surface area contributed by atoms with Gasteiger partial charge in [-0.1, -0.05) is 34.1 Å². The third-order valence-electron chi connectivity index (χ3n) is 3.94. The molecule has 0 radical (unpaired) electrons. The highest BCUT2D eigenvalue weighted by Gasteiger charge is 2.09. The molecule has 0 bridgehead atoms. The molecule has 0 amide bonds. The van der Waals surface area contributed by atoms with E-state index in [0.717, 1.165) is 28.4 Å². The van der Waals surface area contributed by atoms with E-state index >= 15 is 0 Å². The second kappa shape index (κ2) is 10.4. The molecule has 1 aromatic carbocycles. The van der Waals surface area contributed by atoms with Gasteiger partial charge in [0.2, 0.25) is 0 Å². The van der Waals surface area contributed by atoms with E-state index in [0.29, 0.717) is 6.54 Å². The van der Waals surface area contributed by atoms with E-state index in [2.05, 4.69) is 47.3 Å². The molecule has 0 spiro atoms. The smallest absolute Gasteiger partial charge is 0.193 e. The van der Waals surface area contributed by atoms with Gasteiger partial charge >= 0.3 is 0 Å². The van der Waals surface area contributed by atoms with Crippen LogP contribution < -0.4 is 5.32 Å². The Bertz CT molecular complexity index is 881. The number of aromatic nitrogens is 3. The maximum Gasteiger partial charge on any atom is 0.193 e. The number of benzene rings is 1. The second-order valence-corrected chi connectivity index (χ2v) is 6.68. The van der Waals surface area contributed by atoms with Crippen LogP contribution in [0.5, 0.6) is 0 Å². The van der Waals surface area contributed by atoms with Gasteiger partial charge in [0.25, 0.3) is 0 Å². The van der Waals surface area contributed by atoms with E-state index in [9.17, 15) is 0 Å². The highest BCUT2D eigenvalue weighted by molar-refractivity contribution is 14.0. The third-order valence-corrected chi connectivity index (χ3v) is 4.71. The SMILES string of the molecule is CN=C(NCc1ccnc(-n2cccn2)c1)N(C)Cc1ccccc1Br.I. The highest BCUT2D eigenvalue weighted by atomic mass is 127. The summed E-state index contributed by atoms with van der Waals surface area (Å²) < 4.78 is 2.84. The summed E-state index contributed by atoms with van der Waals surface area (Å²) in [6.45, 7) is 1.42. The number of rotatable bonds is 5. The lowest BCUT2D eigenvalue weighted by molar-refractivity contribution is 0.475. The monoisotopic (exact) mass is 540 g/mol. The van der Waals surface area contributed by atoms with Crippen molar-refractivity contribution in [2.75, 3.05) is 14.1 Å². The van der Waals surface area contributed by atoms with Crippen molar-refractivity contribution in [3.8, 4) is 5.82 Å². The standard InChI is InChI=1S/C19H21BrN6.HI/c1-21-19(25(2)14-16-6-3-4-7-17(16)20)23-13-15-8-10-22-18(12-15)26-11-5-9-24-26;/h3-12H,13-14H2,1-2H3,(H,21,23);1H. The van der Waals surface area contributed by atoms with E-state index in [1.54, 1.807) is 24.1 Å². The third kappa shape index (κ3) is 5.77. The minimum Gasteiger partial charge on any atom is -0.352 e.